The van der Waals surface area contributed by atoms with Crippen LogP contribution in [-0.2, 0) is 19.1 Å². The number of hydrogen-bond donors (Lipinski definition) is 0. The van der Waals surface area contributed by atoms with Gasteiger partial charge < -0.3 is 14.4 Å². The van der Waals surface area contributed by atoms with Crippen LogP contribution in [0.3, 0.4) is 0 Å². The minimum absolute atomic E-state index is 0.000861. The fourth-order valence-electron chi connectivity index (χ4n) is 6.08. The van der Waals surface area contributed by atoms with Crippen molar-refractivity contribution in [2.24, 2.45) is 10.8 Å². The van der Waals surface area contributed by atoms with Crippen LogP contribution in [0.25, 0.3) is 10.8 Å². The van der Waals surface area contributed by atoms with Crippen molar-refractivity contribution < 1.29 is 23.9 Å². The lowest BCUT2D eigenvalue weighted by Crippen LogP contribution is -2.49. The molecule has 0 radical (unpaired) electrons. The first-order chi connectivity index (χ1) is 16.3. The Labute approximate surface area is 208 Å². The van der Waals surface area contributed by atoms with E-state index in [4.69, 9.17) is 9.47 Å². The summed E-state index contributed by atoms with van der Waals surface area (Å²) >= 11 is 0. The smallest absolute Gasteiger partial charge is 0.351 e. The molecule has 1 amide bonds. The molecule has 1 heterocycles. The quantitative estimate of drug-likeness (QED) is 0.488. The second kappa shape index (κ2) is 8.35. The average Bonchev–Trinajstić information content (AvgIpc) is 3.08. The van der Waals surface area contributed by atoms with E-state index in [1.54, 1.807) is 6.92 Å². The first kappa shape index (κ1) is 25.2. The van der Waals surface area contributed by atoms with Gasteiger partial charge in [-0.3, -0.25) is 9.59 Å². The van der Waals surface area contributed by atoms with Crippen molar-refractivity contribution in [3.63, 3.8) is 0 Å². The van der Waals surface area contributed by atoms with Gasteiger partial charge in [0.15, 0.2) is 0 Å². The van der Waals surface area contributed by atoms with Gasteiger partial charge in [-0.15, -0.1) is 0 Å². The first-order valence-electron chi connectivity index (χ1n) is 12.6. The summed E-state index contributed by atoms with van der Waals surface area (Å²) in [5.41, 5.74) is -1.53. The molecule has 3 atom stereocenters. The van der Waals surface area contributed by atoms with Crippen molar-refractivity contribution in [1.29, 1.82) is 0 Å². The zero-order valence-electron chi connectivity index (χ0n) is 22.1. The second-order valence-corrected chi connectivity index (χ2v) is 11.4. The molecular formula is C29H37NO5. The van der Waals surface area contributed by atoms with Gasteiger partial charge in [0, 0.05) is 23.1 Å². The van der Waals surface area contributed by atoms with Crippen molar-refractivity contribution in [3.05, 3.63) is 47.5 Å². The Kier molecular flexibility index (Phi) is 6.02. The predicted molar refractivity (Wildman–Crippen MR) is 135 cm³/mol. The Balaban J connectivity index is 1.75. The highest BCUT2D eigenvalue weighted by atomic mass is 16.6. The van der Waals surface area contributed by atoms with E-state index in [1.165, 1.54) is 0 Å². The lowest BCUT2D eigenvalue weighted by Gasteiger charge is -2.36. The summed E-state index contributed by atoms with van der Waals surface area (Å²) < 4.78 is 11.7. The standard InChI is InChI=1S/C29H37NO5/c1-17(2)30(18(3)4)24(31)23-21(14-13-20-11-9-10-12-22(20)23)19(5)34-26(33)29-16-15-28(8,25(32)35-29)27(29,6)7/h9-14,17-19H,15-16H2,1-8H3/t19-,28-,29+/m0/s1. The zero-order chi connectivity index (χ0) is 25.9. The monoisotopic (exact) mass is 479 g/mol. The average molecular weight is 480 g/mol. The maximum Gasteiger partial charge on any atom is 0.351 e. The number of carbonyl (C=O) groups excluding carboxylic acids is 3. The van der Waals surface area contributed by atoms with E-state index >= 15 is 0 Å². The van der Waals surface area contributed by atoms with Crippen LogP contribution in [0.4, 0.5) is 0 Å². The van der Waals surface area contributed by atoms with Crippen LogP contribution in [0.5, 0.6) is 0 Å². The molecule has 2 fully saturated rings. The lowest BCUT2D eigenvalue weighted by atomic mass is 9.66. The number of amides is 1. The molecule has 4 rings (SSSR count). The molecule has 188 valence electrons. The topological polar surface area (TPSA) is 72.9 Å². The molecular weight excluding hydrogens is 442 g/mol. The highest BCUT2D eigenvalue weighted by molar-refractivity contribution is 6.08. The Morgan fingerprint density at radius 1 is 0.943 bits per heavy atom. The molecule has 2 bridgehead atoms. The van der Waals surface area contributed by atoms with Crippen molar-refractivity contribution in [3.8, 4) is 0 Å². The molecule has 0 N–H and O–H groups in total. The molecule has 0 aromatic heterocycles. The summed E-state index contributed by atoms with van der Waals surface area (Å²) in [6, 6.07) is 11.6. The lowest BCUT2D eigenvalue weighted by molar-refractivity contribution is -0.187. The number of fused-ring (bicyclic) bond motifs is 3. The van der Waals surface area contributed by atoms with Gasteiger partial charge in [-0.05, 0) is 65.2 Å². The first-order valence-corrected chi connectivity index (χ1v) is 12.6. The van der Waals surface area contributed by atoms with E-state index in [9.17, 15) is 14.4 Å². The van der Waals surface area contributed by atoms with Crippen LogP contribution in [0.1, 0.15) is 90.3 Å². The van der Waals surface area contributed by atoms with Crippen LogP contribution in [0.2, 0.25) is 0 Å². The number of esters is 2. The Morgan fingerprint density at radius 2 is 1.57 bits per heavy atom. The summed E-state index contributed by atoms with van der Waals surface area (Å²) in [7, 11) is 0. The zero-order valence-corrected chi connectivity index (χ0v) is 22.1. The van der Waals surface area contributed by atoms with Crippen molar-refractivity contribution >= 4 is 28.6 Å². The van der Waals surface area contributed by atoms with Gasteiger partial charge in [0.2, 0.25) is 5.60 Å². The van der Waals surface area contributed by atoms with Crippen LogP contribution < -0.4 is 0 Å². The van der Waals surface area contributed by atoms with E-state index in [-0.39, 0.29) is 24.0 Å². The molecule has 1 aliphatic heterocycles. The number of benzene rings is 2. The molecule has 1 aliphatic carbocycles. The molecule has 1 saturated carbocycles. The number of carbonyl (C=O) groups is 3. The molecule has 2 aromatic rings. The minimum Gasteiger partial charge on any atom is -0.455 e. The second-order valence-electron chi connectivity index (χ2n) is 11.4. The van der Waals surface area contributed by atoms with Crippen LogP contribution in [0.15, 0.2) is 36.4 Å². The van der Waals surface area contributed by atoms with Gasteiger partial charge in [-0.2, -0.15) is 0 Å². The van der Waals surface area contributed by atoms with Gasteiger partial charge in [-0.25, -0.2) is 4.79 Å². The maximum atomic E-state index is 13.9. The third kappa shape index (κ3) is 3.47. The van der Waals surface area contributed by atoms with Crippen molar-refractivity contribution in [2.45, 2.75) is 92.0 Å². The molecule has 2 aromatic carbocycles. The van der Waals surface area contributed by atoms with Crippen LogP contribution >= 0.6 is 0 Å². The summed E-state index contributed by atoms with van der Waals surface area (Å²) in [6.45, 7) is 15.5. The third-order valence-corrected chi connectivity index (χ3v) is 8.66. The molecule has 0 spiro atoms. The fraction of sp³-hybridized carbons (Fsp3) is 0.552. The van der Waals surface area contributed by atoms with E-state index in [1.807, 2.05) is 89.8 Å². The number of hydrogen-bond acceptors (Lipinski definition) is 5. The number of rotatable bonds is 6. The highest BCUT2D eigenvalue weighted by Gasteiger charge is 2.76. The van der Waals surface area contributed by atoms with Gasteiger partial charge in [0.25, 0.3) is 5.91 Å². The molecule has 35 heavy (non-hydrogen) atoms. The third-order valence-electron chi connectivity index (χ3n) is 8.66. The Morgan fingerprint density at radius 3 is 2.11 bits per heavy atom. The van der Waals surface area contributed by atoms with Crippen LogP contribution in [0, 0.1) is 10.8 Å². The number of ether oxygens (including phenoxy) is 2. The van der Waals surface area contributed by atoms with E-state index in [2.05, 4.69) is 0 Å². The maximum absolute atomic E-state index is 13.9. The molecule has 2 aliphatic rings. The minimum atomic E-state index is -1.31. The molecule has 6 heteroatoms. The summed E-state index contributed by atoms with van der Waals surface area (Å²) in [5.74, 6) is -0.978. The fourth-order valence-corrected chi connectivity index (χ4v) is 6.08. The van der Waals surface area contributed by atoms with E-state index in [0.717, 1.165) is 10.8 Å². The Bertz CT molecular complexity index is 1190. The van der Waals surface area contributed by atoms with Gasteiger partial charge in [-0.1, -0.05) is 50.2 Å². The summed E-state index contributed by atoms with van der Waals surface area (Å²) in [6.07, 6.45) is 0.314. The Hall–Kier alpha value is -2.89. The molecule has 6 nitrogen and oxygen atoms in total. The normalized spacial score (nSPS) is 25.7. The highest BCUT2D eigenvalue weighted by Crippen LogP contribution is 2.66. The largest absolute Gasteiger partial charge is 0.455 e. The van der Waals surface area contributed by atoms with Crippen molar-refractivity contribution in [2.75, 3.05) is 0 Å². The van der Waals surface area contributed by atoms with Gasteiger partial charge >= 0.3 is 11.9 Å². The van der Waals surface area contributed by atoms with Crippen molar-refractivity contribution in [1.82, 2.24) is 4.90 Å². The van der Waals surface area contributed by atoms with Gasteiger partial charge in [0.05, 0.1) is 11.0 Å². The van der Waals surface area contributed by atoms with Crippen LogP contribution in [-0.4, -0.2) is 40.4 Å². The summed E-state index contributed by atoms with van der Waals surface area (Å²) in [4.78, 5) is 42.1. The van der Waals surface area contributed by atoms with E-state index in [0.29, 0.717) is 24.0 Å². The summed E-state index contributed by atoms with van der Waals surface area (Å²) in [5, 5.41) is 1.77. The molecule has 0 unspecified atom stereocenters. The van der Waals surface area contributed by atoms with Gasteiger partial charge in [0.1, 0.15) is 6.10 Å². The number of nitrogens with zero attached hydrogens (tertiary/aromatic N) is 1. The molecule has 1 saturated heterocycles. The predicted octanol–water partition coefficient (Wildman–Crippen LogP) is 5.82. The van der Waals surface area contributed by atoms with E-state index < -0.39 is 28.5 Å². The SMILES string of the molecule is CC(C)N(C(=O)c1c([C@H](C)OC(=O)[C@@]23CC[C@@](C)(C(=O)O2)C3(C)C)ccc2ccccc12)C(C)C.